The van der Waals surface area contributed by atoms with Gasteiger partial charge in [-0.2, -0.15) is 0 Å². The van der Waals surface area contributed by atoms with Crippen molar-refractivity contribution in [3.63, 3.8) is 0 Å². The van der Waals surface area contributed by atoms with Gasteiger partial charge in [0.15, 0.2) is 0 Å². The minimum Gasteiger partial charge on any atom is -0.310 e. The lowest BCUT2D eigenvalue weighted by Crippen LogP contribution is -2.17. The lowest BCUT2D eigenvalue weighted by atomic mass is 9.81. The highest BCUT2D eigenvalue weighted by molar-refractivity contribution is 6.04. The molecule has 0 saturated carbocycles. The van der Waals surface area contributed by atoms with Crippen LogP contribution in [0.4, 0.5) is 17.1 Å². The minimum absolute atomic E-state index is 0.111. The second-order valence-corrected chi connectivity index (χ2v) is 15.7. The molecule has 0 radical (unpaired) electrons. The summed E-state index contributed by atoms with van der Waals surface area (Å²) in [6, 6.07) is 65.4. The minimum atomic E-state index is -0.115. The van der Waals surface area contributed by atoms with Crippen molar-refractivity contribution in [2.45, 2.75) is 38.5 Å². The van der Waals surface area contributed by atoms with Crippen LogP contribution in [0.1, 0.15) is 49.9 Å². The monoisotopic (exact) mass is 679 g/mol. The molecule has 0 aromatic heterocycles. The highest BCUT2D eigenvalue weighted by Crippen LogP contribution is 2.56. The van der Waals surface area contributed by atoms with Gasteiger partial charge in [0, 0.05) is 27.8 Å². The maximum Gasteiger partial charge on any atom is 0.0546 e. The lowest BCUT2D eigenvalue weighted by Gasteiger charge is -2.31. The van der Waals surface area contributed by atoms with Crippen molar-refractivity contribution in [1.82, 2.24) is 0 Å². The van der Waals surface area contributed by atoms with E-state index in [1.807, 2.05) is 0 Å². The molecule has 1 heteroatoms. The number of anilines is 3. The van der Waals surface area contributed by atoms with Gasteiger partial charge in [-0.1, -0.05) is 167 Å². The van der Waals surface area contributed by atoms with Gasteiger partial charge in [0.2, 0.25) is 0 Å². The van der Waals surface area contributed by atoms with Gasteiger partial charge < -0.3 is 4.90 Å². The number of hydrogen-bond acceptors (Lipinski definition) is 1. The highest BCUT2D eigenvalue weighted by Gasteiger charge is 2.38. The first-order valence-electron chi connectivity index (χ1n) is 18.8. The zero-order valence-electron chi connectivity index (χ0n) is 30.7. The second kappa shape index (κ2) is 11.7. The van der Waals surface area contributed by atoms with Crippen LogP contribution in [-0.4, -0.2) is 0 Å². The Labute approximate surface area is 312 Å². The van der Waals surface area contributed by atoms with E-state index in [-0.39, 0.29) is 10.8 Å². The normalized spacial score (nSPS) is 14.3. The molecule has 2 aliphatic carbocycles. The SMILES string of the molecule is CC1(C)c2ccccc2-c2ccc(N(c3ccccc3)c3cccc(-c4ccc5ccccc5c4)c3-c3cccc4c3-c3ccccc3C4(C)C)cc21. The van der Waals surface area contributed by atoms with E-state index >= 15 is 0 Å². The molecule has 0 fully saturated rings. The third kappa shape index (κ3) is 4.70. The number of hydrogen-bond donors (Lipinski definition) is 0. The number of rotatable bonds is 5. The molecule has 0 saturated heterocycles. The quantitative estimate of drug-likeness (QED) is 0.175. The van der Waals surface area contributed by atoms with Crippen molar-refractivity contribution in [1.29, 1.82) is 0 Å². The van der Waals surface area contributed by atoms with Crippen LogP contribution in [0.15, 0.2) is 176 Å². The van der Waals surface area contributed by atoms with Crippen LogP contribution in [0.5, 0.6) is 0 Å². The Kier molecular flexibility index (Phi) is 6.94. The fourth-order valence-corrected chi connectivity index (χ4v) is 9.41. The molecule has 0 heterocycles. The van der Waals surface area contributed by atoms with Gasteiger partial charge in [0.1, 0.15) is 0 Å². The molecule has 0 bridgehead atoms. The first-order valence-corrected chi connectivity index (χ1v) is 18.8. The third-order valence-corrected chi connectivity index (χ3v) is 12.1. The van der Waals surface area contributed by atoms with Crippen LogP contribution in [0.3, 0.4) is 0 Å². The van der Waals surface area contributed by atoms with Gasteiger partial charge in [0.25, 0.3) is 0 Å². The summed E-state index contributed by atoms with van der Waals surface area (Å²) in [5.74, 6) is 0. The van der Waals surface area contributed by atoms with E-state index in [0.717, 1.165) is 17.1 Å². The van der Waals surface area contributed by atoms with Crippen molar-refractivity contribution < 1.29 is 0 Å². The fourth-order valence-electron chi connectivity index (χ4n) is 9.41. The molecule has 0 aliphatic heterocycles. The molecule has 0 spiro atoms. The molecule has 8 aromatic carbocycles. The summed E-state index contributed by atoms with van der Waals surface area (Å²) in [5.41, 5.74) is 19.0. The molecule has 254 valence electrons. The smallest absolute Gasteiger partial charge is 0.0546 e. The van der Waals surface area contributed by atoms with Crippen LogP contribution in [0, 0.1) is 0 Å². The maximum atomic E-state index is 2.49. The third-order valence-electron chi connectivity index (χ3n) is 12.1. The van der Waals surface area contributed by atoms with Crippen LogP contribution in [0.25, 0.3) is 55.3 Å². The maximum absolute atomic E-state index is 2.49. The van der Waals surface area contributed by atoms with Crippen molar-refractivity contribution in [2.75, 3.05) is 4.90 Å². The average molecular weight is 680 g/mol. The Bertz CT molecular complexity index is 2730. The zero-order chi connectivity index (χ0) is 35.9. The largest absolute Gasteiger partial charge is 0.310 e. The molecule has 1 nitrogen and oxygen atoms in total. The highest BCUT2D eigenvalue weighted by atomic mass is 15.1. The predicted molar refractivity (Wildman–Crippen MR) is 225 cm³/mol. The molecular formula is C52H41N. The number of para-hydroxylation sites is 1. The Morgan fingerprint density at radius 2 is 0.925 bits per heavy atom. The average Bonchev–Trinajstić information content (AvgIpc) is 3.58. The lowest BCUT2D eigenvalue weighted by molar-refractivity contribution is 0.660. The standard InChI is InChI=1S/C52H41N/c1-51(2)45-25-13-11-21-42(45)49-43(23-14-26-46(49)51)50-39(36-29-28-34-16-8-9-17-35(34)32-36)22-15-27-48(50)53(37-18-6-5-7-19-37)38-30-31-41-40-20-10-12-24-44(40)52(3,4)47(41)33-38/h5-33H,1-4H3. The Hall–Kier alpha value is -6.18. The van der Waals surface area contributed by atoms with Gasteiger partial charge in [-0.05, 0) is 108 Å². The Morgan fingerprint density at radius 3 is 1.74 bits per heavy atom. The van der Waals surface area contributed by atoms with E-state index in [2.05, 4.69) is 209 Å². The molecule has 10 rings (SSSR count). The van der Waals surface area contributed by atoms with Gasteiger partial charge in [-0.3, -0.25) is 0 Å². The van der Waals surface area contributed by atoms with E-state index in [1.165, 1.54) is 77.5 Å². The summed E-state index contributed by atoms with van der Waals surface area (Å²) >= 11 is 0. The van der Waals surface area contributed by atoms with Gasteiger partial charge >= 0.3 is 0 Å². The predicted octanol–water partition coefficient (Wildman–Crippen LogP) is 14.3. The number of benzene rings is 8. The number of fused-ring (bicyclic) bond motifs is 7. The first kappa shape index (κ1) is 31.5. The van der Waals surface area contributed by atoms with Gasteiger partial charge in [-0.25, -0.2) is 0 Å². The van der Waals surface area contributed by atoms with Gasteiger partial charge in [0.05, 0.1) is 5.69 Å². The molecule has 0 amide bonds. The topological polar surface area (TPSA) is 3.24 Å². The van der Waals surface area contributed by atoms with Crippen molar-refractivity contribution >= 4 is 27.8 Å². The summed E-state index contributed by atoms with van der Waals surface area (Å²) < 4.78 is 0. The van der Waals surface area contributed by atoms with Crippen molar-refractivity contribution in [2.24, 2.45) is 0 Å². The fraction of sp³-hybridized carbons (Fsp3) is 0.115. The van der Waals surface area contributed by atoms with Crippen LogP contribution in [0.2, 0.25) is 0 Å². The van der Waals surface area contributed by atoms with Crippen LogP contribution in [-0.2, 0) is 10.8 Å². The van der Waals surface area contributed by atoms with E-state index in [1.54, 1.807) is 0 Å². The molecule has 8 aromatic rings. The summed E-state index contributed by atoms with van der Waals surface area (Å²) in [5, 5.41) is 2.49. The molecule has 2 aliphatic rings. The second-order valence-electron chi connectivity index (χ2n) is 15.7. The van der Waals surface area contributed by atoms with E-state index < -0.39 is 0 Å². The number of nitrogens with zero attached hydrogens (tertiary/aromatic N) is 1. The summed E-state index contributed by atoms with van der Waals surface area (Å²) in [4.78, 5) is 2.49. The summed E-state index contributed by atoms with van der Waals surface area (Å²) in [6.07, 6.45) is 0. The van der Waals surface area contributed by atoms with E-state index in [0.29, 0.717) is 0 Å². The van der Waals surface area contributed by atoms with Crippen molar-refractivity contribution in [3.05, 3.63) is 198 Å². The van der Waals surface area contributed by atoms with Crippen LogP contribution >= 0.6 is 0 Å². The molecular weight excluding hydrogens is 639 g/mol. The zero-order valence-corrected chi connectivity index (χ0v) is 30.7. The molecule has 0 N–H and O–H groups in total. The van der Waals surface area contributed by atoms with Crippen molar-refractivity contribution in [3.8, 4) is 44.5 Å². The summed E-state index contributed by atoms with van der Waals surface area (Å²) in [6.45, 7) is 9.48. The molecule has 53 heavy (non-hydrogen) atoms. The first-order chi connectivity index (χ1) is 25.8. The van der Waals surface area contributed by atoms with Gasteiger partial charge in [-0.15, -0.1) is 0 Å². The summed E-state index contributed by atoms with van der Waals surface area (Å²) in [7, 11) is 0. The molecule has 0 atom stereocenters. The Balaban J connectivity index is 1.29. The molecule has 0 unspecified atom stereocenters. The van der Waals surface area contributed by atoms with E-state index in [4.69, 9.17) is 0 Å². The van der Waals surface area contributed by atoms with Crippen LogP contribution < -0.4 is 4.90 Å². The Morgan fingerprint density at radius 1 is 0.340 bits per heavy atom. The van der Waals surface area contributed by atoms with E-state index in [9.17, 15) is 0 Å².